The lowest BCUT2D eigenvalue weighted by atomic mass is 9.86. The number of hydrogen-bond donors (Lipinski definition) is 0. The van der Waals surface area contributed by atoms with Gasteiger partial charge in [0.15, 0.2) is 5.78 Å². The molecule has 4 nitrogen and oxygen atoms in total. The number of ketones is 1. The minimum Gasteiger partial charge on any atom is -0.495 e. The molecule has 3 heterocycles. The minimum atomic E-state index is 0.0678. The van der Waals surface area contributed by atoms with E-state index < -0.39 is 0 Å². The number of hydrogen-bond acceptors (Lipinski definition) is 3. The molecule has 1 aromatic heterocycles. The average molecular weight is 507 g/mol. The van der Waals surface area contributed by atoms with Gasteiger partial charge in [0, 0.05) is 47.9 Å². The maximum absolute atomic E-state index is 13.4. The van der Waals surface area contributed by atoms with Crippen LogP contribution in [0.1, 0.15) is 60.0 Å². The van der Waals surface area contributed by atoms with Crippen molar-refractivity contribution in [3.63, 3.8) is 0 Å². The Morgan fingerprint density at radius 2 is 1.58 bits per heavy atom. The van der Waals surface area contributed by atoms with Gasteiger partial charge < -0.3 is 9.30 Å². The molecule has 0 radical (unpaired) electrons. The highest BCUT2D eigenvalue weighted by Gasteiger charge is 2.39. The van der Waals surface area contributed by atoms with Crippen molar-refractivity contribution in [1.82, 2.24) is 9.47 Å². The van der Waals surface area contributed by atoms with Gasteiger partial charge in [-0.3, -0.25) is 9.69 Å². The SMILES string of the molecule is COc1cccc2c(C(=O)c3ccccc3)cn(CCCN3C4CCC3CC(CCc3ccccc3)C4)c12. The summed E-state index contributed by atoms with van der Waals surface area (Å²) in [5.74, 6) is 1.75. The molecule has 4 heteroatoms. The first-order valence-corrected chi connectivity index (χ1v) is 14.3. The van der Waals surface area contributed by atoms with E-state index in [2.05, 4.69) is 39.8 Å². The zero-order valence-corrected chi connectivity index (χ0v) is 22.4. The highest BCUT2D eigenvalue weighted by atomic mass is 16.5. The summed E-state index contributed by atoms with van der Waals surface area (Å²) in [4.78, 5) is 16.2. The molecule has 0 aliphatic carbocycles. The van der Waals surface area contributed by atoms with E-state index in [1.54, 1.807) is 7.11 Å². The quantitative estimate of drug-likeness (QED) is 0.214. The van der Waals surface area contributed by atoms with E-state index in [-0.39, 0.29) is 5.78 Å². The van der Waals surface area contributed by atoms with E-state index in [1.807, 2.05) is 54.7 Å². The van der Waals surface area contributed by atoms with Crippen LogP contribution in [0, 0.1) is 5.92 Å². The molecule has 38 heavy (non-hydrogen) atoms. The minimum absolute atomic E-state index is 0.0678. The Morgan fingerprint density at radius 3 is 2.29 bits per heavy atom. The maximum atomic E-state index is 13.4. The Morgan fingerprint density at radius 1 is 0.868 bits per heavy atom. The summed E-state index contributed by atoms with van der Waals surface area (Å²) < 4.78 is 7.98. The van der Waals surface area contributed by atoms with E-state index >= 15 is 0 Å². The lowest BCUT2D eigenvalue weighted by Gasteiger charge is -2.39. The molecule has 0 saturated carbocycles. The third kappa shape index (κ3) is 5.02. The van der Waals surface area contributed by atoms with Crippen LogP contribution in [0.5, 0.6) is 5.75 Å². The lowest BCUT2D eigenvalue weighted by Crippen LogP contribution is -2.43. The van der Waals surface area contributed by atoms with Gasteiger partial charge in [0.1, 0.15) is 5.75 Å². The number of piperidine rings is 1. The Bertz CT molecular complexity index is 1360. The Hall–Kier alpha value is -3.37. The summed E-state index contributed by atoms with van der Waals surface area (Å²) in [5.41, 5.74) is 3.98. The summed E-state index contributed by atoms with van der Waals surface area (Å²) >= 11 is 0. The number of carbonyl (C=O) groups is 1. The van der Waals surface area contributed by atoms with Crippen LogP contribution in [-0.4, -0.2) is 41.0 Å². The third-order valence-electron chi connectivity index (χ3n) is 8.84. The second-order valence-corrected chi connectivity index (χ2v) is 11.1. The number of methoxy groups -OCH3 is 1. The zero-order valence-electron chi connectivity index (χ0n) is 22.4. The molecule has 2 fully saturated rings. The van der Waals surface area contributed by atoms with Crippen molar-refractivity contribution < 1.29 is 9.53 Å². The number of carbonyl (C=O) groups excluding carboxylic acids is 1. The highest BCUT2D eigenvalue weighted by molar-refractivity contribution is 6.17. The Labute approximate surface area is 226 Å². The second kappa shape index (κ2) is 11.2. The van der Waals surface area contributed by atoms with Gasteiger partial charge in [0.05, 0.1) is 12.6 Å². The van der Waals surface area contributed by atoms with E-state index in [9.17, 15) is 4.79 Å². The number of aryl methyl sites for hydroxylation is 2. The number of aromatic nitrogens is 1. The molecule has 2 bridgehead atoms. The van der Waals surface area contributed by atoms with E-state index in [1.165, 1.54) is 44.1 Å². The van der Waals surface area contributed by atoms with Gasteiger partial charge >= 0.3 is 0 Å². The van der Waals surface area contributed by atoms with Gasteiger partial charge in [-0.05, 0) is 62.5 Å². The van der Waals surface area contributed by atoms with Gasteiger partial charge in [0.25, 0.3) is 0 Å². The van der Waals surface area contributed by atoms with Gasteiger partial charge in [-0.2, -0.15) is 0 Å². The molecule has 196 valence electrons. The molecule has 0 spiro atoms. The first-order chi connectivity index (χ1) is 18.7. The van der Waals surface area contributed by atoms with Gasteiger partial charge in [-0.15, -0.1) is 0 Å². The number of ether oxygens (including phenoxy) is 1. The van der Waals surface area contributed by atoms with E-state index in [4.69, 9.17) is 4.74 Å². The molecule has 3 aromatic carbocycles. The Balaban J connectivity index is 1.12. The third-order valence-corrected chi connectivity index (χ3v) is 8.84. The zero-order chi connectivity index (χ0) is 25.9. The molecule has 2 aliphatic rings. The molecule has 6 rings (SSSR count). The fraction of sp³-hybridized carbons (Fsp3) is 0.382. The topological polar surface area (TPSA) is 34.5 Å². The van der Waals surface area contributed by atoms with Crippen molar-refractivity contribution in [1.29, 1.82) is 0 Å². The second-order valence-electron chi connectivity index (χ2n) is 11.1. The van der Waals surface area contributed by atoms with Crippen LogP contribution in [0.25, 0.3) is 10.9 Å². The normalized spacial score (nSPS) is 21.1. The van der Waals surface area contributed by atoms with E-state index in [0.717, 1.165) is 65.3 Å². The van der Waals surface area contributed by atoms with Crippen molar-refractivity contribution in [2.24, 2.45) is 5.92 Å². The largest absolute Gasteiger partial charge is 0.495 e. The molecule has 0 amide bonds. The summed E-state index contributed by atoms with van der Waals surface area (Å²) in [7, 11) is 1.71. The molecule has 2 aliphatic heterocycles. The van der Waals surface area contributed by atoms with Crippen LogP contribution in [-0.2, 0) is 13.0 Å². The molecule has 0 N–H and O–H groups in total. The summed E-state index contributed by atoms with van der Waals surface area (Å²) in [6.07, 6.45) is 11.0. The summed E-state index contributed by atoms with van der Waals surface area (Å²) in [6.45, 7) is 2.00. The lowest BCUT2D eigenvalue weighted by molar-refractivity contribution is 0.0978. The standard InChI is InChI=1S/C34H38N2O2/c1-38-32-15-8-14-30-31(34(37)27-12-6-3-7-13-27)24-35(33(30)32)20-9-21-36-28-18-19-29(36)23-26(22-28)17-16-25-10-4-2-5-11-25/h2-8,10-15,24,26,28-29H,9,16-23H2,1H3. The van der Waals surface area contributed by atoms with Crippen LogP contribution in [0.3, 0.4) is 0 Å². The first-order valence-electron chi connectivity index (χ1n) is 14.3. The fourth-order valence-corrected chi connectivity index (χ4v) is 7.02. The maximum Gasteiger partial charge on any atom is 0.195 e. The highest BCUT2D eigenvalue weighted by Crippen LogP contribution is 2.40. The first kappa shape index (κ1) is 24.9. The number of benzene rings is 3. The summed E-state index contributed by atoms with van der Waals surface area (Å²) in [5, 5.41) is 0.970. The van der Waals surface area contributed by atoms with Gasteiger partial charge in [-0.1, -0.05) is 72.8 Å². The van der Waals surface area contributed by atoms with Gasteiger partial charge in [0.2, 0.25) is 0 Å². The number of nitrogens with zero attached hydrogens (tertiary/aromatic N) is 2. The number of fused-ring (bicyclic) bond motifs is 3. The van der Waals surface area contributed by atoms with Crippen LogP contribution < -0.4 is 4.74 Å². The predicted octanol–water partition coefficient (Wildman–Crippen LogP) is 7.15. The van der Waals surface area contributed by atoms with Crippen molar-refractivity contribution in [2.45, 2.75) is 63.6 Å². The number of rotatable bonds is 10. The van der Waals surface area contributed by atoms with Crippen LogP contribution in [0.15, 0.2) is 85.1 Å². The van der Waals surface area contributed by atoms with Crippen LogP contribution >= 0.6 is 0 Å². The van der Waals surface area contributed by atoms with Crippen molar-refractivity contribution in [3.05, 3.63) is 102 Å². The monoisotopic (exact) mass is 506 g/mol. The Kier molecular flexibility index (Phi) is 7.33. The van der Waals surface area contributed by atoms with Crippen LogP contribution in [0.4, 0.5) is 0 Å². The molecule has 4 aromatic rings. The molecular weight excluding hydrogens is 468 g/mol. The number of para-hydroxylation sites is 1. The fourth-order valence-electron chi connectivity index (χ4n) is 7.02. The van der Waals surface area contributed by atoms with Crippen LogP contribution in [0.2, 0.25) is 0 Å². The molecule has 2 atom stereocenters. The smallest absolute Gasteiger partial charge is 0.195 e. The van der Waals surface area contributed by atoms with Crippen molar-refractivity contribution in [3.8, 4) is 5.75 Å². The molecule has 2 saturated heterocycles. The summed E-state index contributed by atoms with van der Waals surface area (Å²) in [6, 6.07) is 28.0. The average Bonchev–Trinajstić information content (AvgIpc) is 3.45. The molecular formula is C34H38N2O2. The van der Waals surface area contributed by atoms with Gasteiger partial charge in [-0.25, -0.2) is 0 Å². The molecule has 2 unspecified atom stereocenters. The van der Waals surface area contributed by atoms with Crippen molar-refractivity contribution in [2.75, 3.05) is 13.7 Å². The predicted molar refractivity (Wildman–Crippen MR) is 154 cm³/mol. The van der Waals surface area contributed by atoms with E-state index in [0.29, 0.717) is 0 Å². The van der Waals surface area contributed by atoms with Crippen molar-refractivity contribution >= 4 is 16.7 Å².